The maximum atomic E-state index is 12.3. The Morgan fingerprint density at radius 1 is 1.29 bits per heavy atom. The quantitative estimate of drug-likeness (QED) is 0.626. The van der Waals surface area contributed by atoms with Gasteiger partial charge in [-0.05, 0) is 36.2 Å². The van der Waals surface area contributed by atoms with E-state index < -0.39 is 0 Å². The van der Waals surface area contributed by atoms with E-state index in [0.717, 1.165) is 5.56 Å². The van der Waals surface area contributed by atoms with Crippen LogP contribution in [0.5, 0.6) is 0 Å². The summed E-state index contributed by atoms with van der Waals surface area (Å²) in [5, 5.41) is 1.09. The third kappa shape index (κ3) is 3.91. The van der Waals surface area contributed by atoms with Gasteiger partial charge < -0.3 is 9.32 Å². The van der Waals surface area contributed by atoms with Crippen molar-refractivity contribution in [2.75, 3.05) is 12.8 Å². The van der Waals surface area contributed by atoms with Gasteiger partial charge in [0.15, 0.2) is 5.58 Å². The van der Waals surface area contributed by atoms with E-state index in [4.69, 9.17) is 16.0 Å². The Hall–Kier alpha value is -1.98. The number of hydrogen-bond acceptors (Lipinski definition) is 4. The zero-order valence-corrected chi connectivity index (χ0v) is 15.0. The van der Waals surface area contributed by atoms with Crippen LogP contribution in [0.15, 0.2) is 52.1 Å². The lowest BCUT2D eigenvalue weighted by atomic mass is 10.1. The smallest absolute Gasteiger partial charge is 0.257 e. The van der Waals surface area contributed by atoms with Crippen LogP contribution in [0.1, 0.15) is 11.1 Å². The summed E-state index contributed by atoms with van der Waals surface area (Å²) in [4.78, 5) is 18.4. The van der Waals surface area contributed by atoms with E-state index in [1.54, 1.807) is 30.1 Å². The summed E-state index contributed by atoms with van der Waals surface area (Å²) in [6.07, 6.45) is 0. The van der Waals surface area contributed by atoms with E-state index >= 15 is 0 Å². The first-order valence-electron chi connectivity index (χ1n) is 7.50. The molecule has 0 aliphatic heterocycles. The van der Waals surface area contributed by atoms with Crippen LogP contribution in [0.4, 0.5) is 0 Å². The van der Waals surface area contributed by atoms with Crippen molar-refractivity contribution in [3.63, 3.8) is 0 Å². The molecule has 0 radical (unpaired) electrons. The van der Waals surface area contributed by atoms with Gasteiger partial charge in [-0.2, -0.15) is 0 Å². The molecular formula is C18H17ClN2O2S. The summed E-state index contributed by atoms with van der Waals surface area (Å²) in [6.45, 7) is 2.64. The summed E-state index contributed by atoms with van der Waals surface area (Å²) in [7, 11) is 1.81. The minimum Gasteiger partial charge on any atom is -0.431 e. The SMILES string of the molecule is Cc1ccccc1CN(C)C(=O)CSc1nc2cc(Cl)ccc2o1. The van der Waals surface area contributed by atoms with Crippen molar-refractivity contribution in [3.05, 3.63) is 58.6 Å². The number of carbonyl (C=O) groups excluding carboxylic acids is 1. The standard InChI is InChI=1S/C18H17ClN2O2S/c1-12-5-3-4-6-13(12)10-21(2)17(22)11-24-18-20-15-9-14(19)7-8-16(15)23-18/h3-9H,10-11H2,1-2H3. The summed E-state index contributed by atoms with van der Waals surface area (Å²) in [5.41, 5.74) is 3.70. The van der Waals surface area contributed by atoms with Gasteiger partial charge in [-0.25, -0.2) is 4.98 Å². The third-order valence-corrected chi connectivity index (χ3v) is 4.79. The highest BCUT2D eigenvalue weighted by molar-refractivity contribution is 7.99. The molecule has 1 heterocycles. The van der Waals surface area contributed by atoms with Gasteiger partial charge in [0.2, 0.25) is 5.91 Å². The van der Waals surface area contributed by atoms with Gasteiger partial charge in [-0.3, -0.25) is 4.79 Å². The van der Waals surface area contributed by atoms with Gasteiger partial charge in [0.05, 0.1) is 5.75 Å². The zero-order valence-electron chi connectivity index (χ0n) is 13.5. The van der Waals surface area contributed by atoms with Crippen LogP contribution in [0, 0.1) is 6.92 Å². The van der Waals surface area contributed by atoms with Crippen molar-refractivity contribution in [3.8, 4) is 0 Å². The van der Waals surface area contributed by atoms with E-state index in [1.807, 2.05) is 31.2 Å². The fourth-order valence-electron chi connectivity index (χ4n) is 2.31. The van der Waals surface area contributed by atoms with Crippen LogP contribution >= 0.6 is 23.4 Å². The summed E-state index contributed by atoms with van der Waals surface area (Å²) < 4.78 is 5.61. The molecule has 3 aromatic rings. The van der Waals surface area contributed by atoms with Crippen molar-refractivity contribution in [1.82, 2.24) is 9.88 Å². The molecule has 4 nitrogen and oxygen atoms in total. The van der Waals surface area contributed by atoms with E-state index in [2.05, 4.69) is 4.98 Å². The average molecular weight is 361 g/mol. The second-order valence-corrected chi connectivity index (χ2v) is 6.92. The van der Waals surface area contributed by atoms with Crippen LogP contribution in [-0.2, 0) is 11.3 Å². The maximum absolute atomic E-state index is 12.3. The van der Waals surface area contributed by atoms with Crippen LogP contribution < -0.4 is 0 Å². The number of aryl methyl sites for hydroxylation is 1. The molecule has 124 valence electrons. The van der Waals surface area contributed by atoms with Gasteiger partial charge in [-0.15, -0.1) is 0 Å². The number of thioether (sulfide) groups is 1. The highest BCUT2D eigenvalue weighted by atomic mass is 35.5. The maximum Gasteiger partial charge on any atom is 0.257 e. The lowest BCUT2D eigenvalue weighted by Gasteiger charge is -2.18. The monoisotopic (exact) mass is 360 g/mol. The number of oxazole rings is 1. The number of fused-ring (bicyclic) bond motifs is 1. The molecule has 0 N–H and O–H groups in total. The first kappa shape index (κ1) is 16.9. The Morgan fingerprint density at radius 2 is 2.08 bits per heavy atom. The number of nitrogens with zero attached hydrogens (tertiary/aromatic N) is 2. The van der Waals surface area contributed by atoms with E-state index in [0.29, 0.717) is 27.9 Å². The topological polar surface area (TPSA) is 46.3 Å². The van der Waals surface area contributed by atoms with Crippen molar-refractivity contribution in [2.24, 2.45) is 0 Å². The molecule has 6 heteroatoms. The molecule has 0 bridgehead atoms. The van der Waals surface area contributed by atoms with Gasteiger partial charge in [0, 0.05) is 18.6 Å². The minimum atomic E-state index is 0.0311. The largest absolute Gasteiger partial charge is 0.431 e. The fourth-order valence-corrected chi connectivity index (χ4v) is 3.25. The normalized spacial score (nSPS) is 11.0. The number of benzene rings is 2. The number of aromatic nitrogens is 1. The van der Waals surface area contributed by atoms with Gasteiger partial charge in [-0.1, -0.05) is 47.6 Å². The van der Waals surface area contributed by atoms with Crippen molar-refractivity contribution >= 4 is 40.4 Å². The van der Waals surface area contributed by atoms with Crippen molar-refractivity contribution < 1.29 is 9.21 Å². The van der Waals surface area contributed by atoms with Crippen molar-refractivity contribution in [1.29, 1.82) is 0 Å². The number of halogens is 1. The Bertz CT molecular complexity index is 878. The van der Waals surface area contributed by atoms with Crippen molar-refractivity contribution in [2.45, 2.75) is 18.7 Å². The van der Waals surface area contributed by atoms with Gasteiger partial charge in [0.25, 0.3) is 5.22 Å². The summed E-state index contributed by atoms with van der Waals surface area (Å²) >= 11 is 7.23. The third-order valence-electron chi connectivity index (χ3n) is 3.74. The van der Waals surface area contributed by atoms with E-state index in [9.17, 15) is 4.79 Å². The lowest BCUT2D eigenvalue weighted by molar-refractivity contribution is -0.127. The Morgan fingerprint density at radius 3 is 2.88 bits per heavy atom. The molecule has 24 heavy (non-hydrogen) atoms. The molecule has 0 atom stereocenters. The number of rotatable bonds is 5. The Labute approximate surface area is 149 Å². The first-order chi connectivity index (χ1) is 11.5. The molecule has 0 spiro atoms. The lowest BCUT2D eigenvalue weighted by Crippen LogP contribution is -2.28. The minimum absolute atomic E-state index is 0.0311. The molecule has 2 aromatic carbocycles. The van der Waals surface area contributed by atoms with Crippen LogP contribution in [-0.4, -0.2) is 28.6 Å². The second kappa shape index (κ2) is 7.28. The molecule has 1 aromatic heterocycles. The molecule has 0 saturated heterocycles. The number of hydrogen-bond donors (Lipinski definition) is 0. The molecule has 0 fully saturated rings. The molecule has 0 aliphatic carbocycles. The Balaban J connectivity index is 1.60. The van der Waals surface area contributed by atoms with Crippen LogP contribution in [0.3, 0.4) is 0 Å². The predicted octanol–water partition coefficient (Wildman–Crippen LogP) is 4.54. The molecule has 3 rings (SSSR count). The van der Waals surface area contributed by atoms with Crippen LogP contribution in [0.2, 0.25) is 5.02 Å². The number of amides is 1. The Kier molecular flexibility index (Phi) is 5.11. The zero-order chi connectivity index (χ0) is 17.1. The highest BCUT2D eigenvalue weighted by Gasteiger charge is 2.14. The summed E-state index contributed by atoms with van der Waals surface area (Å²) in [6, 6.07) is 13.3. The number of carbonyl (C=O) groups is 1. The summed E-state index contributed by atoms with van der Waals surface area (Å²) in [5.74, 6) is 0.312. The molecule has 0 unspecified atom stereocenters. The van der Waals surface area contributed by atoms with E-state index in [1.165, 1.54) is 17.3 Å². The van der Waals surface area contributed by atoms with Gasteiger partial charge in [0.1, 0.15) is 5.52 Å². The van der Waals surface area contributed by atoms with E-state index in [-0.39, 0.29) is 11.7 Å². The average Bonchev–Trinajstić information content (AvgIpc) is 2.96. The molecule has 0 aliphatic rings. The predicted molar refractivity (Wildman–Crippen MR) is 97.4 cm³/mol. The van der Waals surface area contributed by atoms with Gasteiger partial charge >= 0.3 is 0 Å². The second-order valence-electron chi connectivity index (χ2n) is 5.56. The molecule has 1 amide bonds. The first-order valence-corrected chi connectivity index (χ1v) is 8.86. The fraction of sp³-hybridized carbons (Fsp3) is 0.222. The molecular weight excluding hydrogens is 344 g/mol. The van der Waals surface area contributed by atoms with Crippen LogP contribution in [0.25, 0.3) is 11.1 Å². The molecule has 0 saturated carbocycles. The highest BCUT2D eigenvalue weighted by Crippen LogP contribution is 2.25.